The average molecular weight is 393 g/mol. The third kappa shape index (κ3) is 6.01. The van der Waals surface area contributed by atoms with Crippen molar-refractivity contribution < 1.29 is 19.1 Å². The van der Waals surface area contributed by atoms with Crippen LogP contribution in [0.2, 0.25) is 0 Å². The summed E-state index contributed by atoms with van der Waals surface area (Å²) in [6.45, 7) is 3.67. The highest BCUT2D eigenvalue weighted by Gasteiger charge is 2.14. The highest BCUT2D eigenvalue weighted by molar-refractivity contribution is 5.99. The van der Waals surface area contributed by atoms with E-state index in [0.29, 0.717) is 17.7 Å². The molecule has 3 rings (SSSR count). The SMILES string of the molecule is CC(C)CC(=O)Nc1ccc(C(=O)COC(=O)Cc2ccc3c(c2)CCC3)cc1. The van der Waals surface area contributed by atoms with Crippen molar-refractivity contribution in [2.75, 3.05) is 11.9 Å². The molecule has 0 heterocycles. The predicted molar refractivity (Wildman–Crippen MR) is 112 cm³/mol. The van der Waals surface area contributed by atoms with Crippen molar-refractivity contribution >= 4 is 23.3 Å². The minimum Gasteiger partial charge on any atom is -0.457 e. The molecule has 1 amide bonds. The number of nitrogens with one attached hydrogen (secondary N) is 1. The number of Topliss-reactive ketones (excluding diaryl/α,β-unsaturated/α-hetero) is 1. The predicted octanol–water partition coefficient (Wildman–Crippen LogP) is 4.13. The Balaban J connectivity index is 1.47. The standard InChI is InChI=1S/C24H27NO4/c1-16(2)12-23(27)25-21-10-8-19(9-11-21)22(26)15-29-24(28)14-17-6-7-18-4-3-5-20(18)13-17/h6-11,13,16H,3-5,12,14-15H2,1-2H3,(H,25,27). The lowest BCUT2D eigenvalue weighted by Gasteiger charge is -2.08. The molecule has 0 bridgehead atoms. The fourth-order valence-corrected chi connectivity index (χ4v) is 3.50. The minimum absolute atomic E-state index is 0.0560. The fourth-order valence-electron chi connectivity index (χ4n) is 3.50. The van der Waals surface area contributed by atoms with Crippen molar-refractivity contribution in [1.82, 2.24) is 0 Å². The summed E-state index contributed by atoms with van der Waals surface area (Å²) >= 11 is 0. The third-order valence-corrected chi connectivity index (χ3v) is 4.96. The van der Waals surface area contributed by atoms with Gasteiger partial charge in [0, 0.05) is 17.7 Å². The zero-order chi connectivity index (χ0) is 20.8. The number of fused-ring (bicyclic) bond motifs is 1. The molecule has 0 spiro atoms. The Morgan fingerprint density at radius 2 is 1.72 bits per heavy atom. The molecule has 29 heavy (non-hydrogen) atoms. The maximum atomic E-state index is 12.3. The van der Waals surface area contributed by atoms with Gasteiger partial charge in [0.15, 0.2) is 12.4 Å². The molecule has 5 heteroatoms. The van der Waals surface area contributed by atoms with Gasteiger partial charge in [-0.05, 0) is 66.1 Å². The number of amides is 1. The van der Waals surface area contributed by atoms with E-state index in [1.165, 1.54) is 11.1 Å². The lowest BCUT2D eigenvalue weighted by atomic mass is 10.0. The first kappa shape index (κ1) is 20.8. The van der Waals surface area contributed by atoms with Crippen LogP contribution in [0.25, 0.3) is 0 Å². The van der Waals surface area contributed by atoms with Gasteiger partial charge in [0.2, 0.25) is 5.91 Å². The quantitative estimate of drug-likeness (QED) is 0.541. The van der Waals surface area contributed by atoms with Crippen LogP contribution in [0.15, 0.2) is 42.5 Å². The molecule has 0 fully saturated rings. The first-order valence-electron chi connectivity index (χ1n) is 10.1. The Kier molecular flexibility index (Phi) is 6.81. The van der Waals surface area contributed by atoms with Gasteiger partial charge < -0.3 is 10.1 Å². The highest BCUT2D eigenvalue weighted by Crippen LogP contribution is 2.23. The number of anilines is 1. The van der Waals surface area contributed by atoms with Crippen molar-refractivity contribution in [3.63, 3.8) is 0 Å². The van der Waals surface area contributed by atoms with Crippen LogP contribution in [0.1, 0.15) is 53.7 Å². The number of ketones is 1. The molecule has 1 aliphatic rings. The van der Waals surface area contributed by atoms with Crippen LogP contribution in [0, 0.1) is 5.92 Å². The molecular weight excluding hydrogens is 366 g/mol. The maximum Gasteiger partial charge on any atom is 0.310 e. The third-order valence-electron chi connectivity index (χ3n) is 4.96. The summed E-state index contributed by atoms with van der Waals surface area (Å²) < 4.78 is 5.16. The number of hydrogen-bond donors (Lipinski definition) is 1. The van der Waals surface area contributed by atoms with Gasteiger partial charge in [-0.1, -0.05) is 32.0 Å². The van der Waals surface area contributed by atoms with Crippen LogP contribution in [-0.2, 0) is 33.6 Å². The number of carbonyl (C=O) groups is 3. The van der Waals surface area contributed by atoms with Crippen LogP contribution in [0.5, 0.6) is 0 Å². The number of rotatable bonds is 8. The zero-order valence-electron chi connectivity index (χ0n) is 17.0. The van der Waals surface area contributed by atoms with Gasteiger partial charge >= 0.3 is 5.97 Å². The van der Waals surface area contributed by atoms with Gasteiger partial charge in [0.25, 0.3) is 0 Å². The van der Waals surface area contributed by atoms with Crippen molar-refractivity contribution in [2.45, 2.75) is 46.0 Å². The van der Waals surface area contributed by atoms with E-state index in [0.717, 1.165) is 24.8 Å². The number of carbonyl (C=O) groups excluding carboxylic acids is 3. The van der Waals surface area contributed by atoms with Crippen molar-refractivity contribution in [3.8, 4) is 0 Å². The van der Waals surface area contributed by atoms with Crippen LogP contribution in [0.4, 0.5) is 5.69 Å². The van der Waals surface area contributed by atoms with Gasteiger partial charge in [-0.2, -0.15) is 0 Å². The molecule has 0 aliphatic heterocycles. The van der Waals surface area contributed by atoms with Crippen LogP contribution < -0.4 is 5.32 Å². The lowest BCUT2D eigenvalue weighted by Crippen LogP contribution is -2.16. The molecular formula is C24H27NO4. The fraction of sp³-hybridized carbons (Fsp3) is 0.375. The van der Waals surface area contributed by atoms with E-state index in [1.807, 2.05) is 19.9 Å². The van der Waals surface area contributed by atoms with E-state index >= 15 is 0 Å². The summed E-state index contributed by atoms with van der Waals surface area (Å²) in [6.07, 6.45) is 3.94. The Morgan fingerprint density at radius 3 is 2.45 bits per heavy atom. The largest absolute Gasteiger partial charge is 0.457 e. The van der Waals surface area contributed by atoms with E-state index < -0.39 is 5.97 Å². The Bertz CT molecular complexity index is 900. The first-order chi connectivity index (χ1) is 13.9. The van der Waals surface area contributed by atoms with Crippen LogP contribution >= 0.6 is 0 Å². The average Bonchev–Trinajstić information content (AvgIpc) is 3.14. The smallest absolute Gasteiger partial charge is 0.310 e. The van der Waals surface area contributed by atoms with E-state index in [2.05, 4.69) is 17.4 Å². The Morgan fingerprint density at radius 1 is 1.00 bits per heavy atom. The molecule has 0 atom stereocenters. The number of hydrogen-bond acceptors (Lipinski definition) is 4. The topological polar surface area (TPSA) is 72.5 Å². The van der Waals surface area contributed by atoms with Crippen LogP contribution in [-0.4, -0.2) is 24.3 Å². The number of esters is 1. The van der Waals surface area contributed by atoms with Crippen molar-refractivity contribution in [3.05, 3.63) is 64.7 Å². The minimum atomic E-state index is -0.408. The van der Waals surface area contributed by atoms with Crippen LogP contribution in [0.3, 0.4) is 0 Å². The molecule has 5 nitrogen and oxygen atoms in total. The lowest BCUT2D eigenvalue weighted by molar-refractivity contribution is -0.141. The Labute approximate surface area is 171 Å². The number of ether oxygens (including phenoxy) is 1. The normalized spacial score (nSPS) is 12.5. The summed E-state index contributed by atoms with van der Waals surface area (Å²) in [5.74, 6) is -0.455. The Hall–Kier alpha value is -2.95. The summed E-state index contributed by atoms with van der Waals surface area (Å²) in [4.78, 5) is 36.2. The highest BCUT2D eigenvalue weighted by atomic mass is 16.5. The molecule has 2 aromatic rings. The zero-order valence-corrected chi connectivity index (χ0v) is 17.0. The molecule has 0 saturated carbocycles. The van der Waals surface area contributed by atoms with Gasteiger partial charge in [-0.25, -0.2) is 0 Å². The second-order valence-electron chi connectivity index (χ2n) is 7.94. The van der Waals surface area contributed by atoms with E-state index in [1.54, 1.807) is 24.3 Å². The summed E-state index contributed by atoms with van der Waals surface area (Å²) in [7, 11) is 0. The molecule has 0 unspecified atom stereocenters. The van der Waals surface area contributed by atoms with E-state index in [4.69, 9.17) is 4.74 Å². The summed E-state index contributed by atoms with van der Waals surface area (Å²) in [6, 6.07) is 12.7. The van der Waals surface area contributed by atoms with Crippen molar-refractivity contribution in [2.24, 2.45) is 5.92 Å². The molecule has 2 aromatic carbocycles. The summed E-state index contributed by atoms with van der Waals surface area (Å²) in [5, 5.41) is 2.80. The van der Waals surface area contributed by atoms with E-state index in [-0.39, 0.29) is 30.6 Å². The number of aryl methyl sites for hydroxylation is 2. The summed E-state index contributed by atoms with van der Waals surface area (Å²) in [5.41, 5.74) is 4.68. The molecule has 152 valence electrons. The van der Waals surface area contributed by atoms with Crippen molar-refractivity contribution in [1.29, 1.82) is 0 Å². The van der Waals surface area contributed by atoms with E-state index in [9.17, 15) is 14.4 Å². The molecule has 0 radical (unpaired) electrons. The molecule has 1 N–H and O–H groups in total. The molecule has 0 saturated heterocycles. The second-order valence-corrected chi connectivity index (χ2v) is 7.94. The maximum absolute atomic E-state index is 12.3. The molecule has 1 aliphatic carbocycles. The first-order valence-corrected chi connectivity index (χ1v) is 10.1. The number of benzene rings is 2. The second kappa shape index (κ2) is 9.50. The van der Waals surface area contributed by atoms with Gasteiger partial charge in [-0.15, -0.1) is 0 Å². The van der Waals surface area contributed by atoms with Gasteiger partial charge in [0.05, 0.1) is 6.42 Å². The molecule has 0 aromatic heterocycles. The van der Waals surface area contributed by atoms with Gasteiger partial charge in [-0.3, -0.25) is 14.4 Å². The van der Waals surface area contributed by atoms with Gasteiger partial charge in [0.1, 0.15) is 0 Å². The monoisotopic (exact) mass is 393 g/mol.